The lowest BCUT2D eigenvalue weighted by atomic mass is 9.94. The van der Waals surface area contributed by atoms with Crippen molar-refractivity contribution < 1.29 is 9.53 Å². The van der Waals surface area contributed by atoms with E-state index < -0.39 is 11.6 Å². The number of para-hydroxylation sites is 3. The van der Waals surface area contributed by atoms with Crippen molar-refractivity contribution in [3.63, 3.8) is 0 Å². The van der Waals surface area contributed by atoms with E-state index in [0.29, 0.717) is 22.8 Å². The Bertz CT molecular complexity index is 1620. The Labute approximate surface area is 245 Å². The van der Waals surface area contributed by atoms with E-state index in [9.17, 15) is 4.79 Å². The van der Waals surface area contributed by atoms with Crippen molar-refractivity contribution in [2.75, 3.05) is 21.9 Å². The molecule has 0 aliphatic carbocycles. The Balaban J connectivity index is 1.74. The molecule has 1 spiro atoms. The molecule has 0 radical (unpaired) electrons. The van der Waals surface area contributed by atoms with Crippen LogP contribution in [-0.2, 0) is 9.53 Å². The Morgan fingerprint density at radius 3 is 1.83 bits per heavy atom. The van der Waals surface area contributed by atoms with Crippen LogP contribution in [0.5, 0.6) is 0 Å². The molecule has 41 heavy (non-hydrogen) atoms. The number of hydrogen-bond donors (Lipinski definition) is 0. The highest BCUT2D eigenvalue weighted by Gasteiger charge is 2.65. The van der Waals surface area contributed by atoms with Crippen molar-refractivity contribution >= 4 is 46.1 Å². The highest BCUT2D eigenvalue weighted by atomic mass is 32.1. The predicted octanol–water partition coefficient (Wildman–Crippen LogP) is 7.15. The molecule has 4 aromatic rings. The second-order valence-electron chi connectivity index (χ2n) is 9.82. The first-order valence-corrected chi connectivity index (χ1v) is 14.1. The molecule has 1 atom stereocenters. The van der Waals surface area contributed by atoms with Crippen molar-refractivity contribution in [2.24, 2.45) is 5.10 Å². The highest BCUT2D eigenvalue weighted by Crippen LogP contribution is 2.51. The number of methoxy groups -OCH3 is 1. The van der Waals surface area contributed by atoms with Gasteiger partial charge in [-0.25, -0.2) is 9.80 Å². The van der Waals surface area contributed by atoms with Crippen LogP contribution in [0.1, 0.15) is 25.3 Å². The van der Waals surface area contributed by atoms with Gasteiger partial charge in [-0.05, 0) is 42.8 Å². The summed E-state index contributed by atoms with van der Waals surface area (Å²) in [5.74, 6) is 0.232. The van der Waals surface area contributed by atoms with Gasteiger partial charge in [0, 0.05) is 22.6 Å². The highest BCUT2D eigenvalue weighted by molar-refractivity contribution is 7.81. The van der Waals surface area contributed by atoms with Crippen molar-refractivity contribution in [3.05, 3.63) is 138 Å². The Morgan fingerprint density at radius 1 is 0.780 bits per heavy atom. The van der Waals surface area contributed by atoms with Crippen LogP contribution >= 0.6 is 12.2 Å². The number of hydrazone groups is 1. The maximum atomic E-state index is 14.1. The fourth-order valence-electron chi connectivity index (χ4n) is 5.72. The van der Waals surface area contributed by atoms with Gasteiger partial charge in [-0.3, -0.25) is 4.90 Å². The minimum Gasteiger partial charge on any atom is -0.465 e. The number of anilines is 3. The third-order valence-corrected chi connectivity index (χ3v) is 7.85. The van der Waals surface area contributed by atoms with Crippen molar-refractivity contribution in [1.82, 2.24) is 0 Å². The molecular weight excluding hydrogens is 528 g/mol. The molecule has 0 saturated heterocycles. The molecule has 6 rings (SSSR count). The molecule has 0 bridgehead atoms. The lowest BCUT2D eigenvalue weighted by molar-refractivity contribution is -0.136. The third-order valence-electron chi connectivity index (χ3n) is 7.38. The summed E-state index contributed by atoms with van der Waals surface area (Å²) in [5.41, 5.74) is 3.37. The van der Waals surface area contributed by atoms with Gasteiger partial charge in [0.25, 0.3) is 0 Å². The molecule has 0 aromatic heterocycles. The van der Waals surface area contributed by atoms with Gasteiger partial charge in [-0.2, -0.15) is 5.10 Å². The van der Waals surface area contributed by atoms with Crippen LogP contribution in [0.25, 0.3) is 0 Å². The number of ether oxygens (including phenoxy) is 1. The lowest BCUT2D eigenvalue weighted by Gasteiger charge is -2.43. The summed E-state index contributed by atoms with van der Waals surface area (Å²) in [6.07, 6.45) is 1.42. The molecule has 4 aromatic carbocycles. The van der Waals surface area contributed by atoms with Crippen LogP contribution in [0.15, 0.2) is 138 Å². The van der Waals surface area contributed by atoms with Crippen LogP contribution in [-0.4, -0.2) is 29.6 Å². The van der Waals surface area contributed by atoms with Crippen molar-refractivity contribution in [1.29, 1.82) is 0 Å². The number of carbonyl (C=O) groups excluding carboxylic acids is 1. The van der Waals surface area contributed by atoms with E-state index in [0.717, 1.165) is 34.7 Å². The summed E-state index contributed by atoms with van der Waals surface area (Å²) >= 11 is 6.51. The number of esters is 1. The molecule has 2 heterocycles. The normalized spacial score (nSPS) is 18.3. The lowest BCUT2D eigenvalue weighted by Crippen LogP contribution is -2.64. The average molecular weight is 559 g/mol. The van der Waals surface area contributed by atoms with Gasteiger partial charge in [-0.1, -0.05) is 110 Å². The minimum atomic E-state index is -1.32. The summed E-state index contributed by atoms with van der Waals surface area (Å²) in [5, 5.41) is 7.18. The Morgan fingerprint density at radius 2 is 1.29 bits per heavy atom. The smallest absolute Gasteiger partial charge is 0.340 e. The summed E-state index contributed by atoms with van der Waals surface area (Å²) < 4.78 is 5.55. The molecular formula is C34H30N4O2S. The number of nitrogens with zero attached hydrogens (tertiary/aromatic N) is 4. The number of carbonyl (C=O) groups is 1. The molecule has 1 unspecified atom stereocenters. The fraction of sp³-hybridized carbons (Fsp3) is 0.147. The van der Waals surface area contributed by atoms with E-state index in [4.69, 9.17) is 22.1 Å². The number of allylic oxidation sites excluding steroid dienone is 1. The van der Waals surface area contributed by atoms with Gasteiger partial charge in [0.1, 0.15) is 10.6 Å². The molecule has 0 fully saturated rings. The van der Waals surface area contributed by atoms with Crippen LogP contribution in [0.4, 0.5) is 17.1 Å². The number of hydrogen-bond acceptors (Lipinski definition) is 6. The molecule has 204 valence electrons. The number of amidine groups is 1. The minimum absolute atomic E-state index is 0.444. The average Bonchev–Trinajstić information content (AvgIpc) is 3.51. The van der Waals surface area contributed by atoms with Crippen LogP contribution < -0.4 is 14.8 Å². The second kappa shape index (κ2) is 11.0. The zero-order valence-electron chi connectivity index (χ0n) is 23.0. The summed E-state index contributed by atoms with van der Waals surface area (Å²) in [6.45, 7) is 2.10. The van der Waals surface area contributed by atoms with Crippen LogP contribution in [0.3, 0.4) is 0 Å². The van der Waals surface area contributed by atoms with Crippen molar-refractivity contribution in [2.45, 2.75) is 25.4 Å². The van der Waals surface area contributed by atoms with E-state index in [-0.39, 0.29) is 0 Å². The number of thiocarbonyl (C=S) groups is 1. The molecule has 6 nitrogen and oxygen atoms in total. The number of rotatable bonds is 7. The predicted molar refractivity (Wildman–Crippen MR) is 169 cm³/mol. The summed E-state index contributed by atoms with van der Waals surface area (Å²) in [4.78, 5) is 18.8. The number of benzene rings is 4. The van der Waals surface area contributed by atoms with E-state index in [1.54, 1.807) is 0 Å². The quantitative estimate of drug-likeness (QED) is 0.177. The molecule has 2 aliphatic heterocycles. The summed E-state index contributed by atoms with van der Waals surface area (Å²) in [7, 11) is 1.43. The zero-order valence-corrected chi connectivity index (χ0v) is 23.8. The molecule has 7 heteroatoms. The maximum absolute atomic E-state index is 14.1. The molecule has 2 aliphatic rings. The first-order chi connectivity index (χ1) is 20.1. The van der Waals surface area contributed by atoms with Gasteiger partial charge < -0.3 is 9.64 Å². The van der Waals surface area contributed by atoms with E-state index in [1.807, 2.05) is 131 Å². The van der Waals surface area contributed by atoms with E-state index in [2.05, 4.69) is 11.8 Å². The maximum Gasteiger partial charge on any atom is 0.340 e. The second-order valence-corrected chi connectivity index (χ2v) is 10.2. The zero-order chi connectivity index (χ0) is 28.4. The Kier molecular flexibility index (Phi) is 7.12. The van der Waals surface area contributed by atoms with Crippen molar-refractivity contribution in [3.8, 4) is 0 Å². The Hall–Kier alpha value is -4.75. The van der Waals surface area contributed by atoms with Crippen LogP contribution in [0.2, 0.25) is 0 Å². The van der Waals surface area contributed by atoms with E-state index in [1.165, 1.54) is 7.11 Å². The van der Waals surface area contributed by atoms with E-state index >= 15 is 0 Å². The molecule has 0 N–H and O–H groups in total. The molecule has 0 saturated carbocycles. The van der Waals surface area contributed by atoms with Gasteiger partial charge in [-0.15, -0.1) is 0 Å². The first-order valence-electron chi connectivity index (χ1n) is 13.7. The topological polar surface area (TPSA) is 48.4 Å². The van der Waals surface area contributed by atoms with Gasteiger partial charge in [0.15, 0.2) is 5.84 Å². The van der Waals surface area contributed by atoms with Gasteiger partial charge in [0.2, 0.25) is 5.66 Å². The summed E-state index contributed by atoms with van der Waals surface area (Å²) in [6, 6.07) is 39.8. The third kappa shape index (κ3) is 4.21. The van der Waals surface area contributed by atoms with Crippen LogP contribution in [0, 0.1) is 0 Å². The van der Waals surface area contributed by atoms with Gasteiger partial charge in [0.05, 0.1) is 12.8 Å². The largest absolute Gasteiger partial charge is 0.465 e. The molecule has 0 amide bonds. The monoisotopic (exact) mass is 558 g/mol. The first kappa shape index (κ1) is 26.5. The fourth-order valence-corrected chi connectivity index (χ4v) is 6.22. The standard InChI is InChI=1S/C34H30N4O2S/c1-3-16-29-30(32(39)40-2)34(33(41)36(29)26-19-10-5-11-20-26)37(27-21-12-6-13-22-27)31(25-17-8-4-9-18-25)35-38(34)28-23-14-7-15-24-28/h4-15,17-24H,3,16H2,1-2H3. The SMILES string of the molecule is CCCC1=C(C(=O)OC)C2(C(=S)N1c1ccccc1)N(c1ccccc1)N=C(c1ccccc1)N2c1ccccc1. The van der Waals surface area contributed by atoms with Gasteiger partial charge >= 0.3 is 5.97 Å².